The maximum absolute atomic E-state index is 13.1. The molecule has 0 aliphatic heterocycles. The number of halogens is 2. The molecule has 1 heterocycles. The van der Waals surface area contributed by atoms with Crippen molar-refractivity contribution in [1.82, 2.24) is 20.5 Å². The molecule has 0 fully saturated rings. The summed E-state index contributed by atoms with van der Waals surface area (Å²) in [7, 11) is 0. The van der Waals surface area contributed by atoms with Gasteiger partial charge in [-0.15, -0.1) is 0 Å². The van der Waals surface area contributed by atoms with Gasteiger partial charge in [0.05, 0.1) is 6.54 Å². The normalized spacial score (nSPS) is 10.4. The average molecular weight is 327 g/mol. The summed E-state index contributed by atoms with van der Waals surface area (Å²) in [6, 6.07) is 4.43. The summed E-state index contributed by atoms with van der Waals surface area (Å²) in [4.78, 5) is 15.5. The Morgan fingerprint density at radius 3 is 3.05 bits per heavy atom. The highest BCUT2D eigenvalue weighted by atomic mass is 79.9. The molecule has 1 aromatic heterocycles. The van der Waals surface area contributed by atoms with Crippen molar-refractivity contribution in [3.8, 4) is 0 Å². The van der Waals surface area contributed by atoms with E-state index in [0.717, 1.165) is 10.0 Å². The van der Waals surface area contributed by atoms with Crippen LogP contribution in [0.4, 0.5) is 4.39 Å². The van der Waals surface area contributed by atoms with E-state index in [-0.39, 0.29) is 18.1 Å². The lowest BCUT2D eigenvalue weighted by Crippen LogP contribution is -2.23. The van der Waals surface area contributed by atoms with Gasteiger partial charge in [-0.25, -0.2) is 9.37 Å². The van der Waals surface area contributed by atoms with E-state index in [1.165, 1.54) is 18.5 Å². The molecule has 0 aliphatic rings. The molecule has 0 unspecified atom stereocenters. The lowest BCUT2D eigenvalue weighted by Gasteiger charge is -2.05. The number of carbonyl (C=O) groups is 1. The van der Waals surface area contributed by atoms with Gasteiger partial charge in [-0.1, -0.05) is 15.9 Å². The SMILES string of the molecule is O=C(CCc1cc(F)ccc1Br)NCc1ncn[nH]1. The molecule has 2 N–H and O–H groups in total. The molecule has 0 spiro atoms. The van der Waals surface area contributed by atoms with Crippen LogP contribution in [0.2, 0.25) is 0 Å². The summed E-state index contributed by atoms with van der Waals surface area (Å²) in [5, 5.41) is 9.04. The van der Waals surface area contributed by atoms with Crippen molar-refractivity contribution in [2.75, 3.05) is 0 Å². The second-order valence-electron chi connectivity index (χ2n) is 3.94. The van der Waals surface area contributed by atoms with Crippen LogP contribution in [-0.4, -0.2) is 21.1 Å². The predicted molar refractivity (Wildman–Crippen MR) is 70.7 cm³/mol. The van der Waals surface area contributed by atoms with Gasteiger partial charge < -0.3 is 5.32 Å². The highest BCUT2D eigenvalue weighted by Crippen LogP contribution is 2.19. The molecule has 19 heavy (non-hydrogen) atoms. The van der Waals surface area contributed by atoms with Crippen molar-refractivity contribution in [1.29, 1.82) is 0 Å². The van der Waals surface area contributed by atoms with Crippen LogP contribution in [0.1, 0.15) is 17.8 Å². The maximum atomic E-state index is 13.1. The van der Waals surface area contributed by atoms with Crippen LogP contribution >= 0.6 is 15.9 Å². The summed E-state index contributed by atoms with van der Waals surface area (Å²) >= 11 is 3.33. The zero-order valence-corrected chi connectivity index (χ0v) is 11.6. The van der Waals surface area contributed by atoms with Gasteiger partial charge in [0, 0.05) is 10.9 Å². The maximum Gasteiger partial charge on any atom is 0.220 e. The minimum Gasteiger partial charge on any atom is -0.349 e. The summed E-state index contributed by atoms with van der Waals surface area (Å²) < 4.78 is 13.9. The van der Waals surface area contributed by atoms with Gasteiger partial charge in [0.2, 0.25) is 5.91 Å². The second kappa shape index (κ2) is 6.42. The molecular weight excluding hydrogens is 315 g/mol. The van der Waals surface area contributed by atoms with E-state index in [9.17, 15) is 9.18 Å². The largest absolute Gasteiger partial charge is 0.349 e. The van der Waals surface area contributed by atoms with Crippen LogP contribution in [0, 0.1) is 5.82 Å². The van der Waals surface area contributed by atoms with E-state index in [1.54, 1.807) is 6.07 Å². The van der Waals surface area contributed by atoms with Crippen molar-refractivity contribution >= 4 is 21.8 Å². The first kappa shape index (κ1) is 13.7. The lowest BCUT2D eigenvalue weighted by molar-refractivity contribution is -0.121. The molecular formula is C12H12BrFN4O. The molecule has 0 bridgehead atoms. The van der Waals surface area contributed by atoms with Crippen LogP contribution in [-0.2, 0) is 17.8 Å². The van der Waals surface area contributed by atoms with E-state index >= 15 is 0 Å². The van der Waals surface area contributed by atoms with E-state index in [4.69, 9.17) is 0 Å². The fraction of sp³-hybridized carbons (Fsp3) is 0.250. The van der Waals surface area contributed by atoms with Crippen LogP contribution in [0.25, 0.3) is 0 Å². The topological polar surface area (TPSA) is 70.7 Å². The highest BCUT2D eigenvalue weighted by molar-refractivity contribution is 9.10. The first-order chi connectivity index (χ1) is 9.15. The number of carbonyl (C=O) groups excluding carboxylic acids is 1. The molecule has 0 aliphatic carbocycles. The third kappa shape index (κ3) is 4.13. The zero-order chi connectivity index (χ0) is 13.7. The second-order valence-corrected chi connectivity index (χ2v) is 4.80. The molecule has 1 amide bonds. The third-order valence-electron chi connectivity index (χ3n) is 2.55. The van der Waals surface area contributed by atoms with Gasteiger partial charge in [-0.2, -0.15) is 5.10 Å². The van der Waals surface area contributed by atoms with Gasteiger partial charge in [0.15, 0.2) is 0 Å². The first-order valence-electron chi connectivity index (χ1n) is 5.70. The van der Waals surface area contributed by atoms with Crippen molar-refractivity contribution in [2.45, 2.75) is 19.4 Å². The van der Waals surface area contributed by atoms with E-state index in [2.05, 4.69) is 36.4 Å². The molecule has 7 heteroatoms. The number of benzene rings is 1. The molecule has 5 nitrogen and oxygen atoms in total. The van der Waals surface area contributed by atoms with E-state index in [1.807, 2.05) is 0 Å². The molecule has 100 valence electrons. The number of aromatic nitrogens is 3. The van der Waals surface area contributed by atoms with Crippen LogP contribution in [0.3, 0.4) is 0 Å². The van der Waals surface area contributed by atoms with Crippen molar-refractivity contribution in [3.63, 3.8) is 0 Å². The molecule has 0 saturated heterocycles. The Labute approximate surface area is 117 Å². The minimum absolute atomic E-state index is 0.118. The number of aryl methyl sites for hydroxylation is 1. The number of hydrogen-bond acceptors (Lipinski definition) is 3. The van der Waals surface area contributed by atoms with Crippen LogP contribution < -0.4 is 5.32 Å². The van der Waals surface area contributed by atoms with E-state index in [0.29, 0.717) is 18.8 Å². The van der Waals surface area contributed by atoms with Crippen LogP contribution in [0.15, 0.2) is 29.0 Å². The Morgan fingerprint density at radius 2 is 2.32 bits per heavy atom. The number of H-pyrrole nitrogens is 1. The average Bonchev–Trinajstić information content (AvgIpc) is 2.90. The van der Waals surface area contributed by atoms with Gasteiger partial charge in [-0.3, -0.25) is 9.89 Å². The number of nitrogens with zero attached hydrogens (tertiary/aromatic N) is 2. The minimum atomic E-state index is -0.305. The van der Waals surface area contributed by atoms with Crippen molar-refractivity contribution < 1.29 is 9.18 Å². The Morgan fingerprint density at radius 1 is 1.47 bits per heavy atom. The monoisotopic (exact) mass is 326 g/mol. The molecule has 0 atom stereocenters. The number of nitrogens with one attached hydrogen (secondary N) is 2. The number of aromatic amines is 1. The Bertz CT molecular complexity index is 559. The quantitative estimate of drug-likeness (QED) is 0.882. The summed E-state index contributed by atoms with van der Waals surface area (Å²) in [6.45, 7) is 0.309. The van der Waals surface area contributed by atoms with Gasteiger partial charge in [-0.05, 0) is 30.2 Å². The third-order valence-corrected chi connectivity index (χ3v) is 3.32. The number of rotatable bonds is 5. The van der Waals surface area contributed by atoms with Crippen molar-refractivity contribution in [2.24, 2.45) is 0 Å². The van der Waals surface area contributed by atoms with Crippen LogP contribution in [0.5, 0.6) is 0 Å². The predicted octanol–water partition coefficient (Wildman–Crippen LogP) is 1.96. The molecule has 0 saturated carbocycles. The highest BCUT2D eigenvalue weighted by Gasteiger charge is 2.06. The Hall–Kier alpha value is -1.76. The zero-order valence-electron chi connectivity index (χ0n) is 9.99. The lowest BCUT2D eigenvalue weighted by atomic mass is 10.1. The Balaban J connectivity index is 1.81. The smallest absolute Gasteiger partial charge is 0.220 e. The molecule has 2 rings (SSSR count). The standard InChI is InChI=1S/C12H12BrFN4O/c13-10-3-2-9(14)5-8(10)1-4-12(19)15-6-11-16-7-17-18-11/h2-3,5,7H,1,4,6H2,(H,15,19)(H,16,17,18). The van der Waals surface area contributed by atoms with Gasteiger partial charge in [0.1, 0.15) is 18.0 Å². The summed E-state index contributed by atoms with van der Waals surface area (Å²) in [5.74, 6) is 0.174. The van der Waals surface area contributed by atoms with Crippen molar-refractivity contribution in [3.05, 3.63) is 46.2 Å². The fourth-order valence-corrected chi connectivity index (χ4v) is 2.01. The Kier molecular flexibility index (Phi) is 4.62. The molecule has 1 aromatic carbocycles. The summed E-state index contributed by atoms with van der Waals surface area (Å²) in [5.41, 5.74) is 0.773. The number of amides is 1. The summed E-state index contributed by atoms with van der Waals surface area (Å²) in [6.07, 6.45) is 2.14. The molecule has 0 radical (unpaired) electrons. The number of hydrogen-bond donors (Lipinski definition) is 2. The first-order valence-corrected chi connectivity index (χ1v) is 6.49. The van der Waals surface area contributed by atoms with Gasteiger partial charge >= 0.3 is 0 Å². The molecule has 2 aromatic rings. The fourth-order valence-electron chi connectivity index (χ4n) is 1.57. The van der Waals surface area contributed by atoms with E-state index < -0.39 is 0 Å². The van der Waals surface area contributed by atoms with Gasteiger partial charge in [0.25, 0.3) is 0 Å².